The third-order valence-electron chi connectivity index (χ3n) is 0.975. The summed E-state index contributed by atoms with van der Waals surface area (Å²) in [5.41, 5.74) is 0. The molecule has 2 heteroatoms. The van der Waals surface area contributed by atoms with Gasteiger partial charge in [0.1, 0.15) is 0 Å². The summed E-state index contributed by atoms with van der Waals surface area (Å²) in [4.78, 5) is 0. The van der Waals surface area contributed by atoms with Gasteiger partial charge in [0, 0.05) is 0 Å². The predicted molar refractivity (Wildman–Crippen MR) is 33.6 cm³/mol. The Hall–Kier alpha value is 0.0249. The molecule has 0 spiro atoms. The highest BCUT2D eigenvalue weighted by atomic mass is 16.2. The highest BCUT2D eigenvalue weighted by molar-refractivity contribution is 6.48. The molecule has 42 valence electrons. The third kappa shape index (κ3) is 6.02. The Morgan fingerprint density at radius 1 is 1.57 bits per heavy atom. The van der Waals surface area contributed by atoms with E-state index in [1.54, 1.807) is 0 Å². The van der Waals surface area contributed by atoms with Gasteiger partial charge in [-0.25, -0.2) is 0 Å². The predicted octanol–water partition coefficient (Wildman–Crippen LogP) is 1.40. The summed E-state index contributed by atoms with van der Waals surface area (Å²) in [5, 5.41) is 8.68. The van der Waals surface area contributed by atoms with Crippen LogP contribution in [0.4, 0.5) is 0 Å². The standard InChI is InChI=1S/C5H13BO/c1-3-4-5-6(2)7/h7H,3-5H2,1-2H3. The topological polar surface area (TPSA) is 20.2 Å². The fraction of sp³-hybridized carbons (Fsp3) is 1.00. The van der Waals surface area contributed by atoms with Crippen LogP contribution in [0.2, 0.25) is 13.1 Å². The molecule has 0 radical (unpaired) electrons. The Labute approximate surface area is 45.9 Å². The molecule has 0 aliphatic rings. The van der Waals surface area contributed by atoms with E-state index in [1.165, 1.54) is 6.42 Å². The van der Waals surface area contributed by atoms with Gasteiger partial charge in [0.15, 0.2) is 0 Å². The van der Waals surface area contributed by atoms with Crippen LogP contribution in [0.15, 0.2) is 0 Å². The van der Waals surface area contributed by atoms with Crippen LogP contribution in [0.3, 0.4) is 0 Å². The molecule has 0 atom stereocenters. The molecule has 0 amide bonds. The summed E-state index contributed by atoms with van der Waals surface area (Å²) in [6.07, 6.45) is 3.29. The van der Waals surface area contributed by atoms with E-state index < -0.39 is 0 Å². The monoisotopic (exact) mass is 100 g/mol. The maximum absolute atomic E-state index is 8.68. The Morgan fingerprint density at radius 2 is 2.14 bits per heavy atom. The van der Waals surface area contributed by atoms with Crippen LogP contribution >= 0.6 is 0 Å². The average Bonchev–Trinajstić information content (AvgIpc) is 1.61. The van der Waals surface area contributed by atoms with Crippen molar-refractivity contribution < 1.29 is 5.02 Å². The van der Waals surface area contributed by atoms with E-state index in [1.807, 2.05) is 6.82 Å². The normalized spacial score (nSPS) is 9.00. The zero-order chi connectivity index (χ0) is 5.70. The van der Waals surface area contributed by atoms with Crippen molar-refractivity contribution in [3.63, 3.8) is 0 Å². The zero-order valence-corrected chi connectivity index (χ0v) is 5.15. The molecule has 0 aromatic rings. The van der Waals surface area contributed by atoms with Gasteiger partial charge >= 0.3 is 0 Å². The Kier molecular flexibility index (Phi) is 4.21. The van der Waals surface area contributed by atoms with Gasteiger partial charge in [-0.05, 0) is 6.32 Å². The van der Waals surface area contributed by atoms with Gasteiger partial charge in [-0.2, -0.15) is 0 Å². The summed E-state index contributed by atoms with van der Waals surface area (Å²) in [7, 11) is 0. The summed E-state index contributed by atoms with van der Waals surface area (Å²) < 4.78 is 0. The van der Waals surface area contributed by atoms with Crippen LogP contribution in [-0.4, -0.2) is 11.9 Å². The van der Waals surface area contributed by atoms with E-state index in [0.29, 0.717) is 0 Å². The lowest BCUT2D eigenvalue weighted by molar-refractivity contribution is 0.571. The molecular weight excluding hydrogens is 86.9 g/mol. The first-order valence-electron chi connectivity index (χ1n) is 2.95. The van der Waals surface area contributed by atoms with E-state index in [9.17, 15) is 0 Å². The molecule has 0 bridgehead atoms. The van der Waals surface area contributed by atoms with Crippen LogP contribution in [0.25, 0.3) is 0 Å². The molecule has 0 aromatic carbocycles. The first kappa shape index (κ1) is 7.02. The lowest BCUT2D eigenvalue weighted by Crippen LogP contribution is -2.02. The van der Waals surface area contributed by atoms with Crippen LogP contribution in [0.1, 0.15) is 19.8 Å². The van der Waals surface area contributed by atoms with Gasteiger partial charge < -0.3 is 5.02 Å². The van der Waals surface area contributed by atoms with Crippen molar-refractivity contribution in [2.75, 3.05) is 0 Å². The molecule has 0 aliphatic heterocycles. The largest absolute Gasteiger partial charge is 0.451 e. The quantitative estimate of drug-likeness (QED) is 0.531. The Bertz CT molecular complexity index is 37.1. The summed E-state index contributed by atoms with van der Waals surface area (Å²) >= 11 is 0. The second-order valence-electron chi connectivity index (χ2n) is 1.99. The van der Waals surface area contributed by atoms with Crippen molar-refractivity contribution in [1.82, 2.24) is 0 Å². The molecule has 0 heterocycles. The molecule has 0 saturated carbocycles. The number of hydrogen-bond acceptors (Lipinski definition) is 1. The van der Waals surface area contributed by atoms with Crippen molar-refractivity contribution in [2.24, 2.45) is 0 Å². The van der Waals surface area contributed by atoms with Gasteiger partial charge in [0.2, 0.25) is 0 Å². The van der Waals surface area contributed by atoms with Gasteiger partial charge in [-0.1, -0.05) is 26.6 Å². The van der Waals surface area contributed by atoms with Crippen molar-refractivity contribution in [1.29, 1.82) is 0 Å². The molecule has 1 N–H and O–H groups in total. The smallest absolute Gasteiger partial charge is 0.285 e. The lowest BCUT2D eigenvalue weighted by atomic mass is 9.67. The molecule has 0 aliphatic carbocycles. The molecule has 0 unspecified atom stereocenters. The fourth-order valence-electron chi connectivity index (χ4n) is 0.500. The van der Waals surface area contributed by atoms with Crippen molar-refractivity contribution in [3.05, 3.63) is 0 Å². The van der Waals surface area contributed by atoms with Crippen LogP contribution in [0.5, 0.6) is 0 Å². The second kappa shape index (κ2) is 4.19. The maximum atomic E-state index is 8.68. The maximum Gasteiger partial charge on any atom is 0.285 e. The Balaban J connectivity index is 2.68. The molecule has 0 aromatic heterocycles. The molecule has 0 fully saturated rings. The molecule has 0 rings (SSSR count). The van der Waals surface area contributed by atoms with Gasteiger partial charge in [-0.3, -0.25) is 0 Å². The minimum Gasteiger partial charge on any atom is -0.451 e. The third-order valence-corrected chi connectivity index (χ3v) is 0.975. The van der Waals surface area contributed by atoms with Crippen LogP contribution in [0, 0.1) is 0 Å². The van der Waals surface area contributed by atoms with Crippen molar-refractivity contribution in [2.45, 2.75) is 32.9 Å². The fourth-order valence-corrected chi connectivity index (χ4v) is 0.500. The molecule has 1 nitrogen and oxygen atoms in total. The highest BCUT2D eigenvalue weighted by Crippen LogP contribution is 1.96. The summed E-state index contributed by atoms with van der Waals surface area (Å²) in [5.74, 6) is 0. The lowest BCUT2D eigenvalue weighted by Gasteiger charge is -1.93. The summed E-state index contributed by atoms with van der Waals surface area (Å²) in [6, 6.07) is 0. The SMILES string of the molecule is CCCCB(C)O. The second-order valence-corrected chi connectivity index (χ2v) is 1.99. The minimum atomic E-state index is -0.0973. The number of rotatable bonds is 3. The van der Waals surface area contributed by atoms with Crippen molar-refractivity contribution >= 4 is 6.92 Å². The van der Waals surface area contributed by atoms with Crippen molar-refractivity contribution in [3.8, 4) is 0 Å². The van der Waals surface area contributed by atoms with Gasteiger partial charge in [-0.15, -0.1) is 0 Å². The molecule has 0 saturated heterocycles. The van der Waals surface area contributed by atoms with Gasteiger partial charge in [0.25, 0.3) is 6.92 Å². The van der Waals surface area contributed by atoms with E-state index in [0.717, 1.165) is 12.7 Å². The minimum absolute atomic E-state index is 0.0973. The first-order chi connectivity index (χ1) is 3.27. The van der Waals surface area contributed by atoms with Crippen LogP contribution in [-0.2, 0) is 0 Å². The molecular formula is C5H13BO. The van der Waals surface area contributed by atoms with E-state index in [-0.39, 0.29) is 6.92 Å². The van der Waals surface area contributed by atoms with E-state index in [4.69, 9.17) is 5.02 Å². The average molecular weight is 100.0 g/mol. The van der Waals surface area contributed by atoms with E-state index in [2.05, 4.69) is 6.92 Å². The van der Waals surface area contributed by atoms with Crippen LogP contribution < -0.4 is 0 Å². The van der Waals surface area contributed by atoms with Gasteiger partial charge in [0.05, 0.1) is 0 Å². The highest BCUT2D eigenvalue weighted by Gasteiger charge is 1.97. The summed E-state index contributed by atoms with van der Waals surface area (Å²) in [6.45, 7) is 3.86. The first-order valence-corrected chi connectivity index (χ1v) is 2.95. The molecule has 7 heavy (non-hydrogen) atoms. The number of unbranched alkanes of at least 4 members (excludes halogenated alkanes) is 1. The Morgan fingerprint density at radius 3 is 2.29 bits per heavy atom. The van der Waals surface area contributed by atoms with E-state index >= 15 is 0 Å². The zero-order valence-electron chi connectivity index (χ0n) is 5.15. The number of hydrogen-bond donors (Lipinski definition) is 1.